The fourth-order valence-corrected chi connectivity index (χ4v) is 3.20. The number of nitrogens with two attached hydrogens (primary N) is 1. The molecule has 1 unspecified atom stereocenters. The van der Waals surface area contributed by atoms with E-state index in [4.69, 9.17) is 10.8 Å². The molecule has 2 rings (SSSR count). The molecule has 0 radical (unpaired) electrons. The van der Waals surface area contributed by atoms with Gasteiger partial charge in [-0.25, -0.2) is 9.78 Å². The van der Waals surface area contributed by atoms with Gasteiger partial charge in [-0.05, 0) is 18.2 Å². The highest BCUT2D eigenvalue weighted by Crippen LogP contribution is 2.29. The maximum atomic E-state index is 11.0. The highest BCUT2D eigenvalue weighted by molar-refractivity contribution is 7.99. The van der Waals surface area contributed by atoms with Gasteiger partial charge in [0.2, 0.25) is 0 Å². The van der Waals surface area contributed by atoms with Gasteiger partial charge in [0.05, 0.1) is 11.3 Å². The van der Waals surface area contributed by atoms with E-state index in [9.17, 15) is 4.79 Å². The highest BCUT2D eigenvalue weighted by Gasteiger charge is 2.24. The van der Waals surface area contributed by atoms with Crippen molar-refractivity contribution >= 4 is 29.2 Å². The number of thioether (sulfide) groups is 1. The topological polar surface area (TPSA) is 79.5 Å². The number of rotatable bonds is 3. The van der Waals surface area contributed by atoms with Crippen molar-refractivity contribution < 1.29 is 9.90 Å². The minimum absolute atomic E-state index is 0.118. The molecule has 1 aromatic rings. The Labute approximate surface area is 104 Å². The Morgan fingerprint density at radius 2 is 2.47 bits per heavy atom. The number of nitrogen functional groups attached to an aromatic ring is 1. The normalized spacial score (nSPS) is 19.2. The molecule has 1 fully saturated rings. The number of carbonyl (C=O) groups is 1. The van der Waals surface area contributed by atoms with Crippen LogP contribution in [-0.4, -0.2) is 40.7 Å². The van der Waals surface area contributed by atoms with Gasteiger partial charge in [0.1, 0.15) is 0 Å². The van der Waals surface area contributed by atoms with E-state index in [1.807, 2.05) is 23.7 Å². The minimum atomic E-state index is -1.01. The molecule has 0 aromatic carbocycles. The molecular formula is C11H15N3O2S. The quantitative estimate of drug-likeness (QED) is 0.845. The van der Waals surface area contributed by atoms with Crippen LogP contribution >= 0.6 is 11.8 Å². The lowest BCUT2D eigenvalue weighted by Crippen LogP contribution is -2.32. The van der Waals surface area contributed by atoms with E-state index in [-0.39, 0.29) is 11.3 Å². The number of nitrogens with zero attached hydrogens (tertiary/aromatic N) is 2. The molecule has 5 nitrogen and oxygen atoms in total. The molecule has 17 heavy (non-hydrogen) atoms. The van der Waals surface area contributed by atoms with Crippen molar-refractivity contribution in [2.45, 2.75) is 12.5 Å². The first-order chi connectivity index (χ1) is 8.11. The zero-order valence-electron chi connectivity index (χ0n) is 9.59. The van der Waals surface area contributed by atoms with E-state index in [0.29, 0.717) is 11.9 Å². The van der Waals surface area contributed by atoms with Crippen LogP contribution in [0.15, 0.2) is 12.3 Å². The number of hydrogen-bond donors (Lipinski definition) is 2. The van der Waals surface area contributed by atoms with Crippen LogP contribution in [0, 0.1) is 0 Å². The smallest absolute Gasteiger partial charge is 0.337 e. The number of carboxylic acid groups (broad SMARTS) is 1. The summed E-state index contributed by atoms with van der Waals surface area (Å²) in [6.45, 7) is 0. The average Bonchev–Trinajstić information content (AvgIpc) is 2.81. The van der Waals surface area contributed by atoms with E-state index in [1.54, 1.807) is 0 Å². The fourth-order valence-electron chi connectivity index (χ4n) is 1.93. The Kier molecular flexibility index (Phi) is 3.42. The van der Waals surface area contributed by atoms with Gasteiger partial charge in [-0.3, -0.25) is 0 Å². The highest BCUT2D eigenvalue weighted by atomic mass is 32.2. The van der Waals surface area contributed by atoms with Crippen molar-refractivity contribution in [1.29, 1.82) is 0 Å². The van der Waals surface area contributed by atoms with Crippen molar-refractivity contribution in [2.24, 2.45) is 0 Å². The summed E-state index contributed by atoms with van der Waals surface area (Å²) < 4.78 is 0. The first-order valence-electron chi connectivity index (χ1n) is 5.39. The summed E-state index contributed by atoms with van der Waals surface area (Å²) in [7, 11) is 1.92. The zero-order valence-corrected chi connectivity index (χ0v) is 10.4. The SMILES string of the molecule is CN(c1nccc(C(=O)O)c1N)C1CCSC1. The van der Waals surface area contributed by atoms with E-state index in [0.717, 1.165) is 17.9 Å². The molecule has 1 aromatic heterocycles. The lowest BCUT2D eigenvalue weighted by Gasteiger charge is -2.26. The molecule has 1 aliphatic rings. The number of aromatic carboxylic acids is 1. The van der Waals surface area contributed by atoms with E-state index in [2.05, 4.69) is 4.98 Å². The van der Waals surface area contributed by atoms with Crippen molar-refractivity contribution in [2.75, 3.05) is 29.2 Å². The minimum Gasteiger partial charge on any atom is -0.478 e. The molecule has 0 spiro atoms. The van der Waals surface area contributed by atoms with Gasteiger partial charge in [0.15, 0.2) is 5.82 Å². The van der Waals surface area contributed by atoms with Gasteiger partial charge in [0, 0.05) is 25.0 Å². The van der Waals surface area contributed by atoms with Crippen molar-refractivity contribution in [3.8, 4) is 0 Å². The van der Waals surface area contributed by atoms with Gasteiger partial charge in [-0.2, -0.15) is 11.8 Å². The first-order valence-corrected chi connectivity index (χ1v) is 6.55. The third-order valence-electron chi connectivity index (χ3n) is 2.99. The zero-order chi connectivity index (χ0) is 12.4. The average molecular weight is 253 g/mol. The number of hydrogen-bond acceptors (Lipinski definition) is 5. The van der Waals surface area contributed by atoms with Crippen LogP contribution in [0.1, 0.15) is 16.8 Å². The standard InChI is InChI=1S/C11H15N3O2S/c1-14(7-3-5-17-6-7)10-9(12)8(11(15)16)2-4-13-10/h2,4,7H,3,5-6,12H2,1H3,(H,15,16). The maximum Gasteiger partial charge on any atom is 0.337 e. The molecule has 6 heteroatoms. The molecule has 0 bridgehead atoms. The summed E-state index contributed by atoms with van der Waals surface area (Å²) in [5, 5.41) is 9.01. The molecule has 0 amide bonds. The van der Waals surface area contributed by atoms with Crippen LogP contribution in [0.4, 0.5) is 11.5 Å². The van der Waals surface area contributed by atoms with Crippen molar-refractivity contribution in [3.05, 3.63) is 17.8 Å². The van der Waals surface area contributed by atoms with Crippen molar-refractivity contribution in [3.63, 3.8) is 0 Å². The molecule has 3 N–H and O–H groups in total. The van der Waals surface area contributed by atoms with Crippen LogP contribution in [0.25, 0.3) is 0 Å². The molecule has 1 atom stereocenters. The van der Waals surface area contributed by atoms with Crippen LogP contribution in [0.5, 0.6) is 0 Å². The summed E-state index contributed by atoms with van der Waals surface area (Å²) in [5.74, 6) is 1.72. The molecule has 1 aliphatic heterocycles. The monoisotopic (exact) mass is 253 g/mol. The predicted octanol–water partition coefficient (Wildman–Crippen LogP) is 1.30. The van der Waals surface area contributed by atoms with Crippen molar-refractivity contribution in [1.82, 2.24) is 4.98 Å². The molecule has 0 aliphatic carbocycles. The van der Waals surface area contributed by atoms with Gasteiger partial charge >= 0.3 is 5.97 Å². The lowest BCUT2D eigenvalue weighted by molar-refractivity contribution is 0.0698. The molecule has 0 saturated carbocycles. The Morgan fingerprint density at radius 3 is 3.06 bits per heavy atom. The van der Waals surface area contributed by atoms with Gasteiger partial charge in [-0.1, -0.05) is 0 Å². The number of pyridine rings is 1. The Bertz CT molecular complexity index is 433. The fraction of sp³-hybridized carbons (Fsp3) is 0.455. The second-order valence-corrected chi connectivity index (χ2v) is 5.18. The Morgan fingerprint density at radius 1 is 1.71 bits per heavy atom. The summed E-state index contributed by atoms with van der Waals surface area (Å²) in [6, 6.07) is 1.82. The van der Waals surface area contributed by atoms with E-state index >= 15 is 0 Å². The van der Waals surface area contributed by atoms with Crippen LogP contribution < -0.4 is 10.6 Å². The predicted molar refractivity (Wildman–Crippen MR) is 69.7 cm³/mol. The largest absolute Gasteiger partial charge is 0.478 e. The van der Waals surface area contributed by atoms with Crippen LogP contribution in [-0.2, 0) is 0 Å². The van der Waals surface area contributed by atoms with Gasteiger partial charge < -0.3 is 15.7 Å². The Balaban J connectivity index is 2.31. The summed E-state index contributed by atoms with van der Waals surface area (Å²) in [5.41, 5.74) is 6.23. The maximum absolute atomic E-state index is 11.0. The van der Waals surface area contributed by atoms with Gasteiger partial charge in [0.25, 0.3) is 0 Å². The number of anilines is 2. The van der Waals surface area contributed by atoms with Crippen LogP contribution in [0.2, 0.25) is 0 Å². The third kappa shape index (κ3) is 2.31. The first kappa shape index (κ1) is 12.0. The molecular weight excluding hydrogens is 238 g/mol. The molecule has 1 saturated heterocycles. The van der Waals surface area contributed by atoms with Gasteiger partial charge in [-0.15, -0.1) is 0 Å². The molecule has 92 valence electrons. The summed E-state index contributed by atoms with van der Waals surface area (Å²) in [6.07, 6.45) is 2.58. The van der Waals surface area contributed by atoms with E-state index < -0.39 is 5.97 Å². The number of carboxylic acids is 1. The lowest BCUT2D eigenvalue weighted by atomic mass is 10.2. The second-order valence-electron chi connectivity index (χ2n) is 4.03. The summed E-state index contributed by atoms with van der Waals surface area (Å²) in [4.78, 5) is 17.2. The third-order valence-corrected chi connectivity index (χ3v) is 4.13. The van der Waals surface area contributed by atoms with E-state index in [1.165, 1.54) is 12.3 Å². The summed E-state index contributed by atoms with van der Waals surface area (Å²) >= 11 is 1.89. The number of aromatic nitrogens is 1. The second kappa shape index (κ2) is 4.83. The molecule has 2 heterocycles. The van der Waals surface area contributed by atoms with Crippen LogP contribution in [0.3, 0.4) is 0 Å². The Hall–Kier alpha value is -1.43.